The summed E-state index contributed by atoms with van der Waals surface area (Å²) in [4.78, 5) is 24.0. The van der Waals surface area contributed by atoms with E-state index >= 15 is 0 Å². The molecule has 1 fully saturated rings. The number of carboxylic acid groups (broad SMARTS) is 1. The summed E-state index contributed by atoms with van der Waals surface area (Å²) in [5.41, 5.74) is 0.571. The molecule has 0 unspecified atom stereocenters. The van der Waals surface area contributed by atoms with Crippen molar-refractivity contribution in [1.82, 2.24) is 4.90 Å². The molecular weight excluding hydrogens is 254 g/mol. The Hall–Kier alpha value is -1.69. The lowest BCUT2D eigenvalue weighted by Gasteiger charge is -2.26. The van der Waals surface area contributed by atoms with E-state index in [-0.39, 0.29) is 11.7 Å². The first-order valence-electron chi connectivity index (χ1n) is 5.43. The van der Waals surface area contributed by atoms with Crippen molar-refractivity contribution in [2.45, 2.75) is 18.3 Å². The van der Waals surface area contributed by atoms with Gasteiger partial charge in [-0.05, 0) is 6.07 Å². The van der Waals surface area contributed by atoms with Crippen molar-refractivity contribution in [3.05, 3.63) is 29.8 Å². The lowest BCUT2D eigenvalue weighted by atomic mass is 10.1. The van der Waals surface area contributed by atoms with Crippen molar-refractivity contribution in [1.29, 1.82) is 0 Å². The zero-order valence-electron chi connectivity index (χ0n) is 9.74. The average Bonchev–Trinajstić information content (AvgIpc) is 2.74. The van der Waals surface area contributed by atoms with Crippen molar-refractivity contribution in [3.63, 3.8) is 0 Å². The monoisotopic (exact) mass is 267 g/mol. The highest BCUT2D eigenvalue weighted by Gasteiger charge is 2.41. The van der Waals surface area contributed by atoms with Crippen LogP contribution < -0.4 is 0 Å². The van der Waals surface area contributed by atoms with Gasteiger partial charge in [0.2, 0.25) is 5.91 Å². The lowest BCUT2D eigenvalue weighted by molar-refractivity contribution is -0.148. The summed E-state index contributed by atoms with van der Waals surface area (Å²) in [5.74, 6) is -0.919. The number of hydrogen-bond acceptors (Lipinski definition) is 4. The van der Waals surface area contributed by atoms with E-state index in [0.717, 1.165) is 0 Å². The molecule has 5 nitrogen and oxygen atoms in total. The third-order valence-corrected chi connectivity index (χ3v) is 4.16. The van der Waals surface area contributed by atoms with Crippen molar-refractivity contribution in [3.8, 4) is 5.75 Å². The molecule has 2 rings (SSSR count). The summed E-state index contributed by atoms with van der Waals surface area (Å²) in [6, 6.07) is 5.83. The average molecular weight is 267 g/mol. The molecule has 1 aromatic rings. The van der Waals surface area contributed by atoms with Crippen LogP contribution in [0.1, 0.15) is 17.9 Å². The van der Waals surface area contributed by atoms with Crippen molar-refractivity contribution >= 4 is 23.6 Å². The van der Waals surface area contributed by atoms with Gasteiger partial charge in [0.15, 0.2) is 0 Å². The first-order chi connectivity index (χ1) is 8.52. The number of carbonyl (C=O) groups is 2. The van der Waals surface area contributed by atoms with Gasteiger partial charge >= 0.3 is 5.97 Å². The maximum absolute atomic E-state index is 11.6. The number of aromatic hydroxyl groups is 1. The topological polar surface area (TPSA) is 77.8 Å². The van der Waals surface area contributed by atoms with Crippen molar-refractivity contribution in [2.75, 3.05) is 5.75 Å². The fourth-order valence-corrected chi connectivity index (χ4v) is 3.52. The van der Waals surface area contributed by atoms with E-state index in [1.807, 2.05) is 0 Å². The largest absolute Gasteiger partial charge is 0.508 e. The molecule has 6 heteroatoms. The van der Waals surface area contributed by atoms with Gasteiger partial charge in [0.05, 0.1) is 0 Å². The zero-order chi connectivity index (χ0) is 13.3. The van der Waals surface area contributed by atoms with Gasteiger partial charge in [0.1, 0.15) is 17.2 Å². The van der Waals surface area contributed by atoms with Gasteiger partial charge in [0.25, 0.3) is 0 Å². The van der Waals surface area contributed by atoms with Crippen LogP contribution in [0.2, 0.25) is 0 Å². The van der Waals surface area contributed by atoms with E-state index in [1.54, 1.807) is 18.2 Å². The van der Waals surface area contributed by atoms with E-state index in [4.69, 9.17) is 5.11 Å². The second-order valence-corrected chi connectivity index (χ2v) is 5.14. The summed E-state index contributed by atoms with van der Waals surface area (Å²) in [6.45, 7) is 1.34. The Kier molecular flexibility index (Phi) is 3.47. The van der Waals surface area contributed by atoms with Crippen LogP contribution in [0.3, 0.4) is 0 Å². The normalized spacial score (nSPS) is 23.1. The highest BCUT2D eigenvalue weighted by Crippen LogP contribution is 2.44. The number of aliphatic carboxylic acids is 1. The minimum Gasteiger partial charge on any atom is -0.508 e. The molecule has 1 aromatic carbocycles. The number of hydrogen-bond donors (Lipinski definition) is 2. The third kappa shape index (κ3) is 2.15. The second kappa shape index (κ2) is 4.89. The fraction of sp³-hybridized carbons (Fsp3) is 0.333. The number of carboxylic acids is 1. The van der Waals surface area contributed by atoms with Crippen molar-refractivity contribution < 1.29 is 19.8 Å². The summed E-state index contributed by atoms with van der Waals surface area (Å²) < 4.78 is 0. The molecule has 1 saturated heterocycles. The molecule has 1 amide bonds. The molecule has 96 valence electrons. The number of rotatable bonds is 2. The number of phenolic OH excluding ortho intramolecular Hbond substituents is 1. The summed E-state index contributed by atoms with van der Waals surface area (Å²) >= 11 is 1.35. The van der Waals surface area contributed by atoms with E-state index < -0.39 is 17.4 Å². The Bertz CT molecular complexity index is 491. The molecule has 0 spiro atoms. The first-order valence-corrected chi connectivity index (χ1v) is 6.48. The Morgan fingerprint density at radius 1 is 1.39 bits per heavy atom. The van der Waals surface area contributed by atoms with E-state index in [1.165, 1.54) is 29.7 Å². The van der Waals surface area contributed by atoms with E-state index in [0.29, 0.717) is 11.3 Å². The number of amides is 1. The number of nitrogens with zero attached hydrogens (tertiary/aromatic N) is 1. The third-order valence-electron chi connectivity index (χ3n) is 2.85. The smallest absolute Gasteiger partial charge is 0.327 e. The molecule has 2 N–H and O–H groups in total. The number of benzene rings is 1. The van der Waals surface area contributed by atoms with E-state index in [2.05, 4.69) is 0 Å². The molecule has 1 aliphatic heterocycles. The van der Waals surface area contributed by atoms with Gasteiger partial charge in [-0.25, -0.2) is 4.79 Å². The molecule has 1 heterocycles. The number of para-hydroxylation sites is 1. The molecular formula is C12H13NO4S. The van der Waals surface area contributed by atoms with Gasteiger partial charge in [-0.2, -0.15) is 0 Å². The van der Waals surface area contributed by atoms with Gasteiger partial charge in [-0.3, -0.25) is 4.79 Å². The Morgan fingerprint density at radius 2 is 2.06 bits per heavy atom. The molecule has 0 bridgehead atoms. The van der Waals surface area contributed by atoms with Crippen LogP contribution in [0, 0.1) is 0 Å². The summed E-state index contributed by atoms with van der Waals surface area (Å²) in [7, 11) is 0. The van der Waals surface area contributed by atoms with Crippen LogP contribution in [-0.2, 0) is 9.59 Å². The predicted molar refractivity (Wildman–Crippen MR) is 67.2 cm³/mol. The highest BCUT2D eigenvalue weighted by molar-refractivity contribution is 7.99. The van der Waals surface area contributed by atoms with Crippen LogP contribution in [0.15, 0.2) is 24.3 Å². The predicted octanol–water partition coefficient (Wildman–Crippen LogP) is 1.44. The summed E-state index contributed by atoms with van der Waals surface area (Å²) in [5, 5.41) is 18.5. The van der Waals surface area contributed by atoms with Crippen LogP contribution in [0.4, 0.5) is 0 Å². The Labute approximate surface area is 108 Å². The number of thioether (sulfide) groups is 1. The lowest BCUT2D eigenvalue weighted by Crippen LogP contribution is -2.41. The molecule has 1 aliphatic rings. The molecule has 2 atom stereocenters. The maximum Gasteiger partial charge on any atom is 0.327 e. The molecule has 0 saturated carbocycles. The number of carbonyl (C=O) groups excluding carboxylic acids is 1. The second-order valence-electron chi connectivity index (χ2n) is 4.02. The van der Waals surface area contributed by atoms with Gasteiger partial charge in [-0.1, -0.05) is 18.2 Å². The first kappa shape index (κ1) is 12.8. The minimum absolute atomic E-state index is 0.0762. The molecule has 0 aromatic heterocycles. The van der Waals surface area contributed by atoms with Crippen LogP contribution in [0.25, 0.3) is 0 Å². The quantitative estimate of drug-likeness (QED) is 0.847. The molecule has 0 radical (unpaired) electrons. The van der Waals surface area contributed by atoms with Crippen LogP contribution in [-0.4, -0.2) is 38.8 Å². The SMILES string of the molecule is CC(=O)N1[C@@H](C(=O)O)CS[C@@H]1c1ccccc1O. The van der Waals surface area contributed by atoms with Gasteiger partial charge in [0, 0.05) is 18.2 Å². The van der Waals surface area contributed by atoms with Crippen LogP contribution >= 0.6 is 11.8 Å². The van der Waals surface area contributed by atoms with Gasteiger partial charge < -0.3 is 15.1 Å². The van der Waals surface area contributed by atoms with Crippen molar-refractivity contribution in [2.24, 2.45) is 0 Å². The Balaban J connectivity index is 2.37. The maximum atomic E-state index is 11.6. The van der Waals surface area contributed by atoms with E-state index in [9.17, 15) is 14.7 Å². The minimum atomic E-state index is -1.02. The highest BCUT2D eigenvalue weighted by atomic mass is 32.2. The zero-order valence-corrected chi connectivity index (χ0v) is 10.6. The van der Waals surface area contributed by atoms with Gasteiger partial charge in [-0.15, -0.1) is 11.8 Å². The number of phenols is 1. The standard InChI is InChI=1S/C12H13NO4S/c1-7(14)13-9(12(16)17)6-18-11(13)8-4-2-3-5-10(8)15/h2-5,9,11,15H,6H2,1H3,(H,16,17)/t9-,11-/m1/s1. The Morgan fingerprint density at radius 3 is 2.61 bits per heavy atom. The molecule has 0 aliphatic carbocycles. The molecule has 18 heavy (non-hydrogen) atoms. The summed E-state index contributed by atoms with van der Waals surface area (Å²) in [6.07, 6.45) is 0. The van der Waals surface area contributed by atoms with Crippen LogP contribution in [0.5, 0.6) is 5.75 Å². The fourth-order valence-electron chi connectivity index (χ4n) is 2.02.